The summed E-state index contributed by atoms with van der Waals surface area (Å²) in [6, 6.07) is 0.136. The van der Waals surface area contributed by atoms with E-state index in [0.717, 1.165) is 23.7 Å². The Morgan fingerprint density at radius 2 is 2.36 bits per heavy atom. The molecular weight excluding hydrogens is 246 g/mol. The van der Waals surface area contributed by atoms with Crippen LogP contribution in [0.25, 0.3) is 0 Å². The van der Waals surface area contributed by atoms with Gasteiger partial charge in [-0.3, -0.25) is 0 Å². The van der Waals surface area contributed by atoms with Crippen molar-refractivity contribution in [3.63, 3.8) is 0 Å². The lowest BCUT2D eigenvalue weighted by Gasteiger charge is -2.17. The first kappa shape index (κ1) is 9.86. The first-order valence-corrected chi connectivity index (χ1v) is 5.44. The van der Waals surface area contributed by atoms with E-state index in [-0.39, 0.29) is 12.1 Å². The second kappa shape index (κ2) is 4.23. The van der Waals surface area contributed by atoms with Crippen LogP contribution in [-0.4, -0.2) is 22.1 Å². The van der Waals surface area contributed by atoms with Gasteiger partial charge in [-0.15, -0.1) is 0 Å². The second-order valence-corrected chi connectivity index (χ2v) is 4.28. The quantitative estimate of drug-likeness (QED) is 0.873. The molecule has 1 aromatic rings. The molecular formula is C9H12BrN3O. The molecule has 0 radical (unpaired) electrons. The van der Waals surface area contributed by atoms with Crippen molar-refractivity contribution in [1.82, 2.24) is 9.97 Å². The Hall–Kier alpha value is -0.680. The molecule has 76 valence electrons. The third kappa shape index (κ3) is 2.04. The van der Waals surface area contributed by atoms with Crippen molar-refractivity contribution in [2.24, 2.45) is 5.73 Å². The molecule has 1 fully saturated rings. The lowest BCUT2D eigenvalue weighted by atomic mass is 10.2. The van der Waals surface area contributed by atoms with E-state index in [2.05, 4.69) is 25.9 Å². The van der Waals surface area contributed by atoms with E-state index in [1.807, 2.05) is 0 Å². The maximum Gasteiger partial charge on any atom is 0.231 e. The molecule has 14 heavy (non-hydrogen) atoms. The zero-order chi connectivity index (χ0) is 9.97. The second-order valence-electron chi connectivity index (χ2n) is 3.43. The first-order valence-electron chi connectivity index (χ1n) is 4.65. The van der Waals surface area contributed by atoms with Crippen molar-refractivity contribution < 1.29 is 4.74 Å². The predicted molar refractivity (Wildman–Crippen MR) is 56.0 cm³/mol. The number of aromatic nitrogens is 2. The molecule has 2 atom stereocenters. The smallest absolute Gasteiger partial charge is 0.231 e. The van der Waals surface area contributed by atoms with Crippen LogP contribution in [0.3, 0.4) is 0 Å². The number of rotatable bonds is 2. The maximum absolute atomic E-state index is 5.89. The minimum absolute atomic E-state index is 0.0983. The van der Waals surface area contributed by atoms with Crippen LogP contribution < -0.4 is 10.5 Å². The molecule has 0 saturated heterocycles. The van der Waals surface area contributed by atoms with Gasteiger partial charge in [0.15, 0.2) is 0 Å². The summed E-state index contributed by atoms with van der Waals surface area (Å²) in [4.78, 5) is 7.91. The van der Waals surface area contributed by atoms with Crippen molar-refractivity contribution in [1.29, 1.82) is 0 Å². The minimum Gasteiger partial charge on any atom is -0.472 e. The Morgan fingerprint density at radius 1 is 1.50 bits per heavy atom. The summed E-state index contributed by atoms with van der Waals surface area (Å²) in [5, 5.41) is 0. The molecule has 0 spiro atoms. The number of nitrogens with two attached hydrogens (primary N) is 1. The van der Waals surface area contributed by atoms with Crippen molar-refractivity contribution in [2.75, 3.05) is 0 Å². The van der Waals surface area contributed by atoms with E-state index < -0.39 is 0 Å². The Labute approximate surface area is 91.0 Å². The van der Waals surface area contributed by atoms with Gasteiger partial charge in [0.2, 0.25) is 5.88 Å². The first-order chi connectivity index (χ1) is 6.77. The molecule has 0 bridgehead atoms. The molecule has 1 saturated carbocycles. The van der Waals surface area contributed by atoms with E-state index in [1.165, 1.54) is 6.33 Å². The van der Waals surface area contributed by atoms with Gasteiger partial charge in [-0.2, -0.15) is 0 Å². The molecule has 4 nitrogen and oxygen atoms in total. The van der Waals surface area contributed by atoms with Gasteiger partial charge in [-0.1, -0.05) is 0 Å². The van der Waals surface area contributed by atoms with Crippen LogP contribution in [0.4, 0.5) is 0 Å². The van der Waals surface area contributed by atoms with E-state index in [0.29, 0.717) is 5.88 Å². The van der Waals surface area contributed by atoms with E-state index in [1.54, 1.807) is 6.20 Å². The fourth-order valence-electron chi connectivity index (χ4n) is 1.63. The summed E-state index contributed by atoms with van der Waals surface area (Å²) < 4.78 is 6.47. The van der Waals surface area contributed by atoms with Gasteiger partial charge >= 0.3 is 0 Å². The van der Waals surface area contributed by atoms with Crippen LogP contribution in [0.2, 0.25) is 0 Å². The Balaban J connectivity index is 2.07. The zero-order valence-electron chi connectivity index (χ0n) is 7.69. The molecule has 2 rings (SSSR count). The SMILES string of the molecule is NC1CCCC1Oc1ncncc1Br. The Morgan fingerprint density at radius 3 is 3.00 bits per heavy atom. The third-order valence-electron chi connectivity index (χ3n) is 2.40. The molecule has 0 aromatic carbocycles. The van der Waals surface area contributed by atoms with E-state index in [4.69, 9.17) is 10.5 Å². The third-order valence-corrected chi connectivity index (χ3v) is 2.94. The van der Waals surface area contributed by atoms with Gasteiger partial charge in [0.05, 0.1) is 4.47 Å². The molecule has 2 unspecified atom stereocenters. The summed E-state index contributed by atoms with van der Waals surface area (Å²) in [6.45, 7) is 0. The Kier molecular flexibility index (Phi) is 2.98. The van der Waals surface area contributed by atoms with Gasteiger partial charge in [-0.25, -0.2) is 9.97 Å². The van der Waals surface area contributed by atoms with Crippen molar-refractivity contribution in [3.8, 4) is 5.88 Å². The summed E-state index contributed by atoms with van der Waals surface area (Å²) in [5.41, 5.74) is 5.89. The van der Waals surface area contributed by atoms with Crippen LogP contribution in [-0.2, 0) is 0 Å². The highest BCUT2D eigenvalue weighted by Gasteiger charge is 2.26. The standard InChI is InChI=1S/C9H12BrN3O/c10-6-4-12-5-13-9(6)14-8-3-1-2-7(8)11/h4-5,7-8H,1-3,11H2. The zero-order valence-corrected chi connectivity index (χ0v) is 9.27. The number of hydrogen-bond acceptors (Lipinski definition) is 4. The lowest BCUT2D eigenvalue weighted by Crippen LogP contribution is -2.33. The molecule has 2 N–H and O–H groups in total. The Bertz CT molecular complexity index is 321. The summed E-state index contributed by atoms with van der Waals surface area (Å²) in [5.74, 6) is 0.586. The maximum atomic E-state index is 5.89. The molecule has 1 aliphatic rings. The lowest BCUT2D eigenvalue weighted by molar-refractivity contribution is 0.182. The number of nitrogens with zero attached hydrogens (tertiary/aromatic N) is 2. The summed E-state index contributed by atoms with van der Waals surface area (Å²) in [6.07, 6.45) is 6.42. The molecule has 0 aliphatic heterocycles. The van der Waals surface area contributed by atoms with Crippen molar-refractivity contribution in [3.05, 3.63) is 17.0 Å². The normalized spacial score (nSPS) is 26.4. The summed E-state index contributed by atoms with van der Waals surface area (Å²) in [7, 11) is 0. The largest absolute Gasteiger partial charge is 0.472 e. The number of halogens is 1. The van der Waals surface area contributed by atoms with Crippen LogP contribution in [0.5, 0.6) is 5.88 Å². The van der Waals surface area contributed by atoms with Gasteiger partial charge in [-0.05, 0) is 35.2 Å². The highest BCUT2D eigenvalue weighted by molar-refractivity contribution is 9.10. The van der Waals surface area contributed by atoms with Crippen LogP contribution in [0.15, 0.2) is 17.0 Å². The summed E-state index contributed by atoms with van der Waals surface area (Å²) >= 11 is 3.33. The predicted octanol–water partition coefficient (Wildman–Crippen LogP) is 1.50. The van der Waals surface area contributed by atoms with Gasteiger partial charge in [0, 0.05) is 12.2 Å². The van der Waals surface area contributed by atoms with E-state index >= 15 is 0 Å². The van der Waals surface area contributed by atoms with Gasteiger partial charge < -0.3 is 10.5 Å². The average molecular weight is 258 g/mol. The number of ether oxygens (including phenoxy) is 1. The minimum atomic E-state index is 0.0983. The highest BCUT2D eigenvalue weighted by atomic mass is 79.9. The molecule has 5 heteroatoms. The van der Waals surface area contributed by atoms with Gasteiger partial charge in [0.1, 0.15) is 12.4 Å². The van der Waals surface area contributed by atoms with Crippen LogP contribution >= 0.6 is 15.9 Å². The molecule has 1 aromatic heterocycles. The van der Waals surface area contributed by atoms with Crippen molar-refractivity contribution >= 4 is 15.9 Å². The topological polar surface area (TPSA) is 61.0 Å². The fraction of sp³-hybridized carbons (Fsp3) is 0.556. The van der Waals surface area contributed by atoms with E-state index in [9.17, 15) is 0 Å². The van der Waals surface area contributed by atoms with Gasteiger partial charge in [0.25, 0.3) is 0 Å². The van der Waals surface area contributed by atoms with Crippen LogP contribution in [0, 0.1) is 0 Å². The molecule has 1 aliphatic carbocycles. The molecule has 0 amide bonds. The van der Waals surface area contributed by atoms with Crippen molar-refractivity contribution in [2.45, 2.75) is 31.4 Å². The number of hydrogen-bond donors (Lipinski definition) is 1. The monoisotopic (exact) mass is 257 g/mol. The fourth-order valence-corrected chi connectivity index (χ4v) is 1.95. The highest BCUT2D eigenvalue weighted by Crippen LogP contribution is 2.26. The average Bonchev–Trinajstić information content (AvgIpc) is 2.56. The molecule has 1 heterocycles. The van der Waals surface area contributed by atoms with Crippen LogP contribution in [0.1, 0.15) is 19.3 Å².